The van der Waals surface area contributed by atoms with Crippen LogP contribution in [0.4, 0.5) is 0 Å². The molecule has 2 heteroatoms. The van der Waals surface area contributed by atoms with Gasteiger partial charge in [-0.15, -0.1) is 0 Å². The van der Waals surface area contributed by atoms with Crippen LogP contribution in [0, 0.1) is 20.8 Å². The number of rotatable bonds is 7. The second kappa shape index (κ2) is 12.3. The van der Waals surface area contributed by atoms with Crippen LogP contribution < -0.4 is 32.9 Å². The molecule has 0 nitrogen and oxygen atoms in total. The minimum absolute atomic E-state index is 0. The van der Waals surface area contributed by atoms with Gasteiger partial charge in [0.15, 0.2) is 0 Å². The third-order valence-electron chi connectivity index (χ3n) is 6.79. The zero-order valence-electron chi connectivity index (χ0n) is 21.1. The molecule has 4 aromatic rings. The molecule has 4 aromatic carbocycles. The standard InChI is InChI=1S/C33H34P.BrH/c1-26(20-23-33-28(3)22-21-27(2)29(33)4)24-25-34(30-14-8-5-9-15-30,31-16-10-6-11-17-31)32-18-12-7-13-19-32;/h5-24H,25H2,1-4H3;1H/q+1;/p-1. The van der Waals surface area contributed by atoms with Gasteiger partial charge in [-0.1, -0.05) is 84.5 Å². The van der Waals surface area contributed by atoms with Crippen LogP contribution in [0.1, 0.15) is 29.2 Å². The van der Waals surface area contributed by atoms with Crippen molar-refractivity contribution >= 4 is 29.3 Å². The van der Waals surface area contributed by atoms with Crippen molar-refractivity contribution in [2.45, 2.75) is 27.7 Å². The summed E-state index contributed by atoms with van der Waals surface area (Å²) >= 11 is 0. The summed E-state index contributed by atoms with van der Waals surface area (Å²) in [4.78, 5) is 0. The lowest BCUT2D eigenvalue weighted by Gasteiger charge is -2.26. The second-order valence-corrected chi connectivity index (χ2v) is 12.6. The third kappa shape index (κ3) is 5.92. The maximum atomic E-state index is 2.44. The summed E-state index contributed by atoms with van der Waals surface area (Å²) in [6.45, 7) is 8.83. The van der Waals surface area contributed by atoms with Gasteiger partial charge in [-0.05, 0) is 92.4 Å². The van der Waals surface area contributed by atoms with E-state index < -0.39 is 7.26 Å². The van der Waals surface area contributed by atoms with Gasteiger partial charge in [0, 0.05) is 0 Å². The summed E-state index contributed by atoms with van der Waals surface area (Å²) in [6, 6.07) is 37.7. The Morgan fingerprint density at radius 3 is 1.51 bits per heavy atom. The third-order valence-corrected chi connectivity index (χ3v) is 11.1. The second-order valence-electron chi connectivity index (χ2n) is 9.02. The summed E-state index contributed by atoms with van der Waals surface area (Å²) in [5.74, 6) is 0. The van der Waals surface area contributed by atoms with Gasteiger partial charge in [0.25, 0.3) is 0 Å². The minimum atomic E-state index is -1.84. The van der Waals surface area contributed by atoms with Crippen molar-refractivity contribution in [3.8, 4) is 0 Å². The van der Waals surface area contributed by atoms with Crippen LogP contribution in [0.25, 0.3) is 6.08 Å². The van der Waals surface area contributed by atoms with E-state index >= 15 is 0 Å². The molecule has 0 heterocycles. The van der Waals surface area contributed by atoms with E-state index in [1.54, 1.807) is 0 Å². The van der Waals surface area contributed by atoms with Crippen molar-refractivity contribution in [1.82, 2.24) is 0 Å². The smallest absolute Gasteiger partial charge is 0.115 e. The molecule has 0 fully saturated rings. The number of aryl methyl sites for hydroxylation is 2. The Morgan fingerprint density at radius 2 is 1.06 bits per heavy atom. The number of halogens is 1. The Bertz CT molecular complexity index is 1190. The van der Waals surface area contributed by atoms with Crippen LogP contribution in [0.3, 0.4) is 0 Å². The Labute approximate surface area is 222 Å². The largest absolute Gasteiger partial charge is 1.00 e. The van der Waals surface area contributed by atoms with Crippen LogP contribution in [0.2, 0.25) is 0 Å². The Kier molecular flexibility index (Phi) is 9.44. The first kappa shape index (κ1) is 26.9. The predicted molar refractivity (Wildman–Crippen MR) is 153 cm³/mol. The van der Waals surface area contributed by atoms with E-state index in [2.05, 4.69) is 149 Å². The van der Waals surface area contributed by atoms with Crippen LogP contribution in [0.15, 0.2) is 121 Å². The lowest BCUT2D eigenvalue weighted by molar-refractivity contribution is -0.00000685. The molecular formula is C33H34BrP. The SMILES string of the molecule is CC(C=Cc1c(C)ccc(C)c1C)=CC[P+](c1ccccc1)(c1ccccc1)c1ccccc1.[Br-]. The number of hydrogen-bond acceptors (Lipinski definition) is 0. The number of allylic oxidation sites excluding steroid dienone is 3. The fraction of sp³-hybridized carbons (Fsp3) is 0.152. The van der Waals surface area contributed by atoms with Crippen molar-refractivity contribution in [2.24, 2.45) is 0 Å². The van der Waals surface area contributed by atoms with Crippen molar-refractivity contribution in [2.75, 3.05) is 6.16 Å². The quantitative estimate of drug-likeness (QED) is 0.238. The highest BCUT2D eigenvalue weighted by Crippen LogP contribution is 2.55. The molecule has 0 unspecified atom stereocenters. The normalized spacial score (nSPS) is 11.9. The highest BCUT2D eigenvalue weighted by atomic mass is 79.9. The van der Waals surface area contributed by atoms with E-state index in [9.17, 15) is 0 Å². The molecule has 0 aromatic heterocycles. The van der Waals surface area contributed by atoms with Gasteiger partial charge in [-0.25, -0.2) is 0 Å². The highest BCUT2D eigenvalue weighted by molar-refractivity contribution is 7.95. The fourth-order valence-electron chi connectivity index (χ4n) is 4.60. The van der Waals surface area contributed by atoms with Crippen molar-refractivity contribution in [3.63, 3.8) is 0 Å². The molecule has 0 spiro atoms. The lowest BCUT2D eigenvalue weighted by atomic mass is 9.97. The van der Waals surface area contributed by atoms with Gasteiger partial charge in [-0.3, -0.25) is 0 Å². The fourth-order valence-corrected chi connectivity index (χ4v) is 8.74. The van der Waals surface area contributed by atoms with E-state index in [-0.39, 0.29) is 17.0 Å². The van der Waals surface area contributed by atoms with Crippen molar-refractivity contribution < 1.29 is 17.0 Å². The molecule has 0 aliphatic rings. The van der Waals surface area contributed by atoms with E-state index in [1.807, 2.05) is 0 Å². The van der Waals surface area contributed by atoms with E-state index in [1.165, 1.54) is 43.7 Å². The molecule has 35 heavy (non-hydrogen) atoms. The molecule has 0 atom stereocenters. The van der Waals surface area contributed by atoms with Crippen molar-refractivity contribution in [3.05, 3.63) is 143 Å². The summed E-state index contributed by atoms with van der Waals surface area (Å²) in [7, 11) is -1.84. The molecule has 0 N–H and O–H groups in total. The molecule has 0 saturated carbocycles. The van der Waals surface area contributed by atoms with Gasteiger partial charge >= 0.3 is 0 Å². The Balaban J connectivity index is 0.00000342. The van der Waals surface area contributed by atoms with Crippen LogP contribution >= 0.6 is 7.26 Å². The average molecular weight is 542 g/mol. The summed E-state index contributed by atoms with van der Waals surface area (Å²) in [6.07, 6.45) is 8.01. The molecule has 0 amide bonds. The molecule has 178 valence electrons. The molecule has 4 rings (SSSR count). The average Bonchev–Trinajstić information content (AvgIpc) is 2.89. The predicted octanol–water partition coefficient (Wildman–Crippen LogP) is 4.57. The van der Waals surface area contributed by atoms with Crippen LogP contribution in [0.5, 0.6) is 0 Å². The zero-order valence-corrected chi connectivity index (χ0v) is 23.6. The van der Waals surface area contributed by atoms with Crippen molar-refractivity contribution in [1.29, 1.82) is 0 Å². The van der Waals surface area contributed by atoms with Gasteiger partial charge in [0.2, 0.25) is 0 Å². The van der Waals surface area contributed by atoms with Crippen LogP contribution in [-0.4, -0.2) is 6.16 Å². The molecule has 0 aliphatic heterocycles. The molecule has 0 bridgehead atoms. The zero-order chi connectivity index (χ0) is 24.0. The topological polar surface area (TPSA) is 0 Å². The maximum absolute atomic E-state index is 2.44. The first-order chi connectivity index (χ1) is 16.5. The first-order valence-electron chi connectivity index (χ1n) is 12.0. The van der Waals surface area contributed by atoms with Gasteiger partial charge in [-0.2, -0.15) is 0 Å². The van der Waals surface area contributed by atoms with E-state index in [0.29, 0.717) is 0 Å². The van der Waals surface area contributed by atoms with Gasteiger partial charge in [0.1, 0.15) is 23.2 Å². The van der Waals surface area contributed by atoms with E-state index in [0.717, 1.165) is 6.16 Å². The highest BCUT2D eigenvalue weighted by Gasteiger charge is 2.44. The number of hydrogen-bond donors (Lipinski definition) is 0. The summed E-state index contributed by atoms with van der Waals surface area (Å²) in [5, 5.41) is 4.27. The molecule has 0 aliphatic carbocycles. The lowest BCUT2D eigenvalue weighted by Crippen LogP contribution is -3.00. The summed E-state index contributed by atoms with van der Waals surface area (Å²) in [5.41, 5.74) is 6.67. The maximum Gasteiger partial charge on any atom is 0.115 e. The Morgan fingerprint density at radius 1 is 0.629 bits per heavy atom. The molecule has 0 radical (unpaired) electrons. The Hall–Kier alpha value is -2.73. The summed E-state index contributed by atoms with van der Waals surface area (Å²) < 4.78 is 0. The minimum Gasteiger partial charge on any atom is -1.00 e. The van der Waals surface area contributed by atoms with Crippen LogP contribution in [-0.2, 0) is 0 Å². The van der Waals surface area contributed by atoms with E-state index in [4.69, 9.17) is 0 Å². The number of benzene rings is 4. The molecular weight excluding hydrogens is 507 g/mol. The van der Waals surface area contributed by atoms with Gasteiger partial charge < -0.3 is 17.0 Å². The molecule has 0 saturated heterocycles. The van der Waals surface area contributed by atoms with Gasteiger partial charge in [0.05, 0.1) is 6.16 Å². The monoisotopic (exact) mass is 540 g/mol. The first-order valence-corrected chi connectivity index (χ1v) is 14.0.